The fourth-order valence-electron chi connectivity index (χ4n) is 3.34. The molecule has 1 atom stereocenters. The minimum Gasteiger partial charge on any atom is -0.381 e. The Morgan fingerprint density at radius 1 is 1.28 bits per heavy atom. The lowest BCUT2D eigenvalue weighted by Crippen LogP contribution is -2.41. The number of nitrogens with zero attached hydrogens (tertiary/aromatic N) is 2. The second kappa shape index (κ2) is 8.78. The number of rotatable bonds is 8. The molecule has 1 fully saturated rings. The van der Waals surface area contributed by atoms with E-state index >= 15 is 0 Å². The second-order valence-corrected chi connectivity index (χ2v) is 6.64. The van der Waals surface area contributed by atoms with Crippen LogP contribution in [-0.2, 0) is 22.6 Å². The van der Waals surface area contributed by atoms with Gasteiger partial charge < -0.3 is 15.8 Å². The van der Waals surface area contributed by atoms with Gasteiger partial charge >= 0.3 is 0 Å². The van der Waals surface area contributed by atoms with Crippen LogP contribution in [-0.4, -0.2) is 34.9 Å². The lowest BCUT2D eigenvalue weighted by atomic mass is 9.89. The molecule has 3 N–H and O–H groups in total. The van der Waals surface area contributed by atoms with Crippen LogP contribution in [0.25, 0.3) is 0 Å². The van der Waals surface area contributed by atoms with Crippen molar-refractivity contribution < 1.29 is 9.53 Å². The molecule has 1 aromatic heterocycles. The first-order valence-electron chi connectivity index (χ1n) is 8.85. The Morgan fingerprint density at radius 2 is 2.04 bits per heavy atom. The molecule has 134 valence electrons. The van der Waals surface area contributed by atoms with Gasteiger partial charge in [-0.3, -0.25) is 9.48 Å². The van der Waals surface area contributed by atoms with Gasteiger partial charge in [0.2, 0.25) is 5.91 Å². The van der Waals surface area contributed by atoms with E-state index in [0.717, 1.165) is 38.2 Å². The molecular formula is C19H26N4O2. The number of carbonyl (C=O) groups excluding carboxylic acids is 1. The van der Waals surface area contributed by atoms with Gasteiger partial charge in [0.1, 0.15) is 0 Å². The maximum Gasteiger partial charge on any atom is 0.218 e. The standard InChI is InChI=1S/C19H26N4O2/c20-19(24)10-18(17-6-8-25-9-7-17)21-11-16-12-22-23(14-16)13-15-4-2-1-3-5-15/h1-5,12,14,17-18,21H,6-11,13H2,(H2,20,24)/t18-/m0/s1. The summed E-state index contributed by atoms with van der Waals surface area (Å²) in [5.74, 6) is 0.171. The van der Waals surface area contributed by atoms with Gasteiger partial charge in [0, 0.05) is 44.0 Å². The Labute approximate surface area is 148 Å². The number of nitrogens with two attached hydrogens (primary N) is 1. The first kappa shape index (κ1) is 17.6. The van der Waals surface area contributed by atoms with Gasteiger partial charge in [-0.1, -0.05) is 30.3 Å². The smallest absolute Gasteiger partial charge is 0.218 e. The van der Waals surface area contributed by atoms with Gasteiger partial charge in [0.15, 0.2) is 0 Å². The van der Waals surface area contributed by atoms with Crippen LogP contribution in [0.3, 0.4) is 0 Å². The Morgan fingerprint density at radius 3 is 2.76 bits per heavy atom. The van der Waals surface area contributed by atoms with Crippen molar-refractivity contribution in [2.24, 2.45) is 11.7 Å². The highest BCUT2D eigenvalue weighted by molar-refractivity contribution is 5.74. The van der Waals surface area contributed by atoms with E-state index in [1.54, 1.807) is 0 Å². The molecule has 25 heavy (non-hydrogen) atoms. The molecule has 3 rings (SSSR count). The summed E-state index contributed by atoms with van der Waals surface area (Å²) in [5.41, 5.74) is 7.76. The summed E-state index contributed by atoms with van der Waals surface area (Å²) in [6.45, 7) is 2.96. The molecule has 0 aliphatic carbocycles. The molecule has 1 aromatic carbocycles. The van der Waals surface area contributed by atoms with E-state index in [9.17, 15) is 4.79 Å². The first-order chi connectivity index (χ1) is 12.2. The zero-order valence-electron chi connectivity index (χ0n) is 14.4. The van der Waals surface area contributed by atoms with Crippen LogP contribution in [0.4, 0.5) is 0 Å². The molecule has 6 heteroatoms. The maximum absolute atomic E-state index is 11.4. The lowest BCUT2D eigenvalue weighted by molar-refractivity contribution is -0.119. The van der Waals surface area contributed by atoms with Crippen molar-refractivity contribution in [3.05, 3.63) is 53.9 Å². The van der Waals surface area contributed by atoms with Crippen LogP contribution in [0.1, 0.15) is 30.4 Å². The molecule has 6 nitrogen and oxygen atoms in total. The Balaban J connectivity index is 1.56. The molecule has 2 heterocycles. The largest absolute Gasteiger partial charge is 0.381 e. The number of ether oxygens (including phenoxy) is 1. The van der Waals surface area contributed by atoms with Gasteiger partial charge in [-0.15, -0.1) is 0 Å². The number of primary amides is 1. The SMILES string of the molecule is NC(=O)C[C@H](NCc1cnn(Cc2ccccc2)c1)C1CCOCC1. The molecule has 1 aliphatic rings. The number of amides is 1. The van der Waals surface area contributed by atoms with Gasteiger partial charge in [-0.25, -0.2) is 0 Å². The van der Waals surface area contributed by atoms with Gasteiger partial charge in [0.25, 0.3) is 0 Å². The van der Waals surface area contributed by atoms with Crippen LogP contribution in [0, 0.1) is 5.92 Å². The average molecular weight is 342 g/mol. The van der Waals surface area contributed by atoms with Crippen molar-refractivity contribution in [1.29, 1.82) is 0 Å². The number of nitrogens with one attached hydrogen (secondary N) is 1. The fourth-order valence-corrected chi connectivity index (χ4v) is 3.34. The first-order valence-corrected chi connectivity index (χ1v) is 8.85. The highest BCUT2D eigenvalue weighted by Crippen LogP contribution is 2.21. The summed E-state index contributed by atoms with van der Waals surface area (Å²) in [7, 11) is 0. The van der Waals surface area contributed by atoms with E-state index in [1.807, 2.05) is 35.3 Å². The molecular weight excluding hydrogens is 316 g/mol. The number of carbonyl (C=O) groups is 1. The molecule has 1 saturated heterocycles. The van der Waals surface area contributed by atoms with E-state index in [0.29, 0.717) is 18.9 Å². The summed E-state index contributed by atoms with van der Waals surface area (Å²) in [5, 5.41) is 7.93. The van der Waals surface area contributed by atoms with Crippen LogP contribution < -0.4 is 11.1 Å². The summed E-state index contributed by atoms with van der Waals surface area (Å²) >= 11 is 0. The fraction of sp³-hybridized carbons (Fsp3) is 0.474. The van der Waals surface area contributed by atoms with Crippen molar-refractivity contribution in [2.75, 3.05) is 13.2 Å². The summed E-state index contributed by atoms with van der Waals surface area (Å²) < 4.78 is 7.35. The topological polar surface area (TPSA) is 82.2 Å². The number of hydrogen-bond donors (Lipinski definition) is 2. The molecule has 0 saturated carbocycles. The maximum atomic E-state index is 11.4. The van der Waals surface area contributed by atoms with Gasteiger partial charge in [-0.05, 0) is 24.3 Å². The van der Waals surface area contributed by atoms with E-state index in [1.165, 1.54) is 5.56 Å². The van der Waals surface area contributed by atoms with E-state index in [-0.39, 0.29) is 11.9 Å². The highest BCUT2D eigenvalue weighted by Gasteiger charge is 2.25. The normalized spacial score (nSPS) is 16.6. The van der Waals surface area contributed by atoms with Crippen LogP contribution in [0.2, 0.25) is 0 Å². The quantitative estimate of drug-likeness (QED) is 0.765. The Bertz CT molecular complexity index is 665. The lowest BCUT2D eigenvalue weighted by Gasteiger charge is -2.30. The molecule has 0 bridgehead atoms. The molecule has 0 radical (unpaired) electrons. The van der Waals surface area contributed by atoms with Crippen LogP contribution >= 0.6 is 0 Å². The third-order valence-electron chi connectivity index (χ3n) is 4.70. The third-order valence-corrected chi connectivity index (χ3v) is 4.70. The van der Waals surface area contributed by atoms with Crippen molar-refractivity contribution in [3.8, 4) is 0 Å². The van der Waals surface area contributed by atoms with Crippen LogP contribution in [0.15, 0.2) is 42.7 Å². The van der Waals surface area contributed by atoms with Crippen LogP contribution in [0.5, 0.6) is 0 Å². The van der Waals surface area contributed by atoms with E-state index < -0.39 is 0 Å². The van der Waals surface area contributed by atoms with Crippen molar-refractivity contribution in [2.45, 2.75) is 38.4 Å². The molecule has 0 unspecified atom stereocenters. The zero-order valence-corrected chi connectivity index (χ0v) is 14.4. The zero-order chi connectivity index (χ0) is 17.5. The Hall–Kier alpha value is -2.18. The number of benzene rings is 1. The van der Waals surface area contributed by atoms with Gasteiger partial charge in [-0.2, -0.15) is 5.10 Å². The van der Waals surface area contributed by atoms with Gasteiger partial charge in [0.05, 0.1) is 12.7 Å². The Kier molecular flexibility index (Phi) is 6.19. The average Bonchev–Trinajstić information content (AvgIpc) is 3.07. The predicted octanol–water partition coefficient (Wildman–Crippen LogP) is 1.69. The third kappa shape index (κ3) is 5.41. The van der Waals surface area contributed by atoms with E-state index in [4.69, 9.17) is 10.5 Å². The minimum atomic E-state index is -0.260. The molecule has 1 amide bonds. The van der Waals surface area contributed by atoms with Crippen molar-refractivity contribution >= 4 is 5.91 Å². The number of hydrogen-bond acceptors (Lipinski definition) is 4. The second-order valence-electron chi connectivity index (χ2n) is 6.64. The summed E-state index contributed by atoms with van der Waals surface area (Å²) in [4.78, 5) is 11.4. The van der Waals surface area contributed by atoms with Crippen molar-refractivity contribution in [1.82, 2.24) is 15.1 Å². The molecule has 2 aromatic rings. The van der Waals surface area contributed by atoms with Crippen molar-refractivity contribution in [3.63, 3.8) is 0 Å². The summed E-state index contributed by atoms with van der Waals surface area (Å²) in [6, 6.07) is 10.4. The minimum absolute atomic E-state index is 0.0962. The predicted molar refractivity (Wildman–Crippen MR) is 95.8 cm³/mol. The summed E-state index contributed by atoms with van der Waals surface area (Å²) in [6.07, 6.45) is 6.23. The molecule has 0 spiro atoms. The number of aromatic nitrogens is 2. The highest BCUT2D eigenvalue weighted by atomic mass is 16.5. The molecule has 1 aliphatic heterocycles. The monoisotopic (exact) mass is 342 g/mol. The van der Waals surface area contributed by atoms with E-state index in [2.05, 4.69) is 22.5 Å².